The molecule has 2 fully saturated rings. The number of aliphatic hydroxyl groups is 1. The number of ketones is 1. The third kappa shape index (κ3) is 2.85. The molecule has 0 aromatic heterocycles. The largest absolute Gasteiger partial charge is 0.508 e. The van der Waals surface area contributed by atoms with E-state index in [9.17, 15) is 15.0 Å². The van der Waals surface area contributed by atoms with Crippen LogP contribution in [-0.4, -0.2) is 39.9 Å². The first-order valence-electron chi connectivity index (χ1n) is 8.91. The van der Waals surface area contributed by atoms with E-state index in [1.165, 1.54) is 6.26 Å². The van der Waals surface area contributed by atoms with Gasteiger partial charge in [0.2, 0.25) is 0 Å². The Bertz CT molecular complexity index is 705. The Kier molecular flexibility index (Phi) is 3.89. The number of benzene rings is 1. The van der Waals surface area contributed by atoms with Gasteiger partial charge in [0, 0.05) is 12.3 Å². The van der Waals surface area contributed by atoms with Crippen molar-refractivity contribution in [2.45, 2.75) is 57.0 Å². The molecule has 1 aromatic rings. The van der Waals surface area contributed by atoms with Crippen LogP contribution in [0.3, 0.4) is 0 Å². The Labute approximate surface area is 147 Å². The summed E-state index contributed by atoms with van der Waals surface area (Å²) in [4.78, 5) is 13.2. The number of aromatic hydroxyl groups is 1. The van der Waals surface area contributed by atoms with Crippen LogP contribution in [0.1, 0.15) is 38.7 Å². The minimum Gasteiger partial charge on any atom is -0.508 e. The van der Waals surface area contributed by atoms with Gasteiger partial charge < -0.3 is 19.7 Å². The van der Waals surface area contributed by atoms with E-state index in [4.69, 9.17) is 9.47 Å². The van der Waals surface area contributed by atoms with Gasteiger partial charge in [-0.2, -0.15) is 0 Å². The van der Waals surface area contributed by atoms with Gasteiger partial charge in [0.05, 0.1) is 35.6 Å². The number of carbonyl (C=O) groups excluding carboxylic acids is 1. The van der Waals surface area contributed by atoms with Crippen molar-refractivity contribution in [1.82, 2.24) is 0 Å². The molecule has 0 bridgehead atoms. The molecule has 134 valence electrons. The molecule has 5 nitrogen and oxygen atoms in total. The van der Waals surface area contributed by atoms with Crippen molar-refractivity contribution in [1.29, 1.82) is 0 Å². The molecule has 1 aromatic carbocycles. The zero-order valence-corrected chi connectivity index (χ0v) is 14.5. The molecule has 3 aliphatic rings. The summed E-state index contributed by atoms with van der Waals surface area (Å²) in [5, 5.41) is 20.0. The van der Waals surface area contributed by atoms with E-state index in [-0.39, 0.29) is 35.3 Å². The number of ether oxygens (including phenoxy) is 2. The summed E-state index contributed by atoms with van der Waals surface area (Å²) in [6, 6.07) is 6.54. The van der Waals surface area contributed by atoms with Gasteiger partial charge >= 0.3 is 0 Å². The fourth-order valence-corrected chi connectivity index (χ4v) is 4.42. The maximum Gasteiger partial charge on any atom is 0.175 e. The second kappa shape index (κ2) is 5.85. The maximum absolute atomic E-state index is 13.2. The minimum atomic E-state index is -0.501. The van der Waals surface area contributed by atoms with Crippen LogP contribution in [0.4, 0.5) is 0 Å². The van der Waals surface area contributed by atoms with E-state index >= 15 is 0 Å². The van der Waals surface area contributed by atoms with E-state index in [1.807, 2.05) is 13.8 Å². The highest BCUT2D eigenvalue weighted by Crippen LogP contribution is 2.46. The molecule has 2 heterocycles. The van der Waals surface area contributed by atoms with Gasteiger partial charge in [-0.25, -0.2) is 0 Å². The van der Waals surface area contributed by atoms with Gasteiger partial charge in [0.25, 0.3) is 0 Å². The van der Waals surface area contributed by atoms with Crippen molar-refractivity contribution >= 4 is 11.4 Å². The Morgan fingerprint density at radius 2 is 1.92 bits per heavy atom. The summed E-state index contributed by atoms with van der Waals surface area (Å²) in [7, 11) is 0. The summed E-state index contributed by atoms with van der Waals surface area (Å²) in [6.45, 7) is 4.06. The second-order valence-corrected chi connectivity index (χ2v) is 7.99. The Balaban J connectivity index is 1.68. The highest BCUT2D eigenvalue weighted by Gasteiger charge is 2.54. The van der Waals surface area contributed by atoms with Gasteiger partial charge in [0.15, 0.2) is 5.78 Å². The number of allylic oxidation sites excluding steroid dienone is 1. The van der Waals surface area contributed by atoms with E-state index in [0.29, 0.717) is 12.0 Å². The number of aliphatic hydroxyl groups excluding tert-OH is 1. The van der Waals surface area contributed by atoms with Crippen LogP contribution in [-0.2, 0) is 14.3 Å². The van der Waals surface area contributed by atoms with Crippen molar-refractivity contribution in [3.05, 3.63) is 36.1 Å². The van der Waals surface area contributed by atoms with Crippen LogP contribution < -0.4 is 0 Å². The fourth-order valence-electron chi connectivity index (χ4n) is 4.42. The van der Waals surface area contributed by atoms with Crippen LogP contribution in [0, 0.1) is 11.8 Å². The number of carbonyl (C=O) groups is 1. The first kappa shape index (κ1) is 16.6. The second-order valence-electron chi connectivity index (χ2n) is 7.99. The van der Waals surface area contributed by atoms with Gasteiger partial charge in [-0.15, -0.1) is 0 Å². The summed E-state index contributed by atoms with van der Waals surface area (Å²) in [5.41, 5.74) is 0.922. The van der Waals surface area contributed by atoms with Crippen molar-refractivity contribution in [3.63, 3.8) is 0 Å². The molecule has 4 rings (SSSR count). The highest BCUT2D eigenvalue weighted by atomic mass is 16.5. The number of phenols is 1. The molecule has 1 aliphatic carbocycles. The standard InChI is InChI=1S/C20H24O5/c1-20(2)8-7-13-15(22)9-16-17(19(13)25-20)18(23)14(10-24-16)11-3-5-12(21)6-4-11/h3-6,10,13,15-17,19,21-22H,7-9H2,1-2H3. The maximum atomic E-state index is 13.2. The van der Waals surface area contributed by atoms with E-state index in [2.05, 4.69) is 0 Å². The van der Waals surface area contributed by atoms with Crippen molar-refractivity contribution in [2.75, 3.05) is 0 Å². The first-order chi connectivity index (χ1) is 11.9. The third-order valence-corrected chi connectivity index (χ3v) is 5.79. The average Bonchev–Trinajstić information content (AvgIpc) is 2.55. The topological polar surface area (TPSA) is 76.0 Å². The highest BCUT2D eigenvalue weighted by molar-refractivity contribution is 6.22. The summed E-state index contributed by atoms with van der Waals surface area (Å²) in [6.07, 6.45) is 2.51. The molecule has 0 radical (unpaired) electrons. The lowest BCUT2D eigenvalue weighted by Crippen LogP contribution is -2.59. The monoisotopic (exact) mass is 344 g/mol. The Morgan fingerprint density at radius 1 is 1.20 bits per heavy atom. The van der Waals surface area contributed by atoms with E-state index < -0.39 is 12.0 Å². The van der Waals surface area contributed by atoms with Crippen molar-refractivity contribution in [3.8, 4) is 5.75 Å². The average molecular weight is 344 g/mol. The van der Waals surface area contributed by atoms with Crippen molar-refractivity contribution in [2.24, 2.45) is 11.8 Å². The zero-order valence-electron chi connectivity index (χ0n) is 14.5. The molecule has 5 heteroatoms. The molecule has 5 atom stereocenters. The van der Waals surface area contributed by atoms with Gasteiger partial charge in [-0.3, -0.25) is 4.79 Å². The summed E-state index contributed by atoms with van der Waals surface area (Å²) >= 11 is 0. The molecule has 5 unspecified atom stereocenters. The lowest BCUT2D eigenvalue weighted by molar-refractivity contribution is -0.213. The number of hydrogen-bond donors (Lipinski definition) is 2. The Morgan fingerprint density at radius 3 is 2.64 bits per heavy atom. The fraction of sp³-hybridized carbons (Fsp3) is 0.550. The molecule has 0 amide bonds. The predicted octanol–water partition coefficient (Wildman–Crippen LogP) is 2.66. The summed E-state index contributed by atoms with van der Waals surface area (Å²) < 4.78 is 12.1. The van der Waals surface area contributed by atoms with Gasteiger partial charge in [0.1, 0.15) is 11.9 Å². The van der Waals surface area contributed by atoms with Crippen molar-refractivity contribution < 1.29 is 24.5 Å². The lowest BCUT2D eigenvalue weighted by atomic mass is 9.67. The van der Waals surface area contributed by atoms with E-state index in [0.717, 1.165) is 18.4 Å². The third-order valence-electron chi connectivity index (χ3n) is 5.79. The molecule has 25 heavy (non-hydrogen) atoms. The molecule has 0 spiro atoms. The minimum absolute atomic E-state index is 0.00143. The normalized spacial score (nSPS) is 36.7. The number of phenolic OH excluding ortho intramolecular Hbond substituents is 1. The number of rotatable bonds is 1. The van der Waals surface area contributed by atoms with Crippen LogP contribution in [0.2, 0.25) is 0 Å². The summed E-state index contributed by atoms with van der Waals surface area (Å²) in [5.74, 6) is -0.270. The molecular weight excluding hydrogens is 320 g/mol. The molecule has 2 N–H and O–H groups in total. The zero-order chi connectivity index (χ0) is 17.8. The van der Waals surface area contributed by atoms with Crippen LogP contribution in [0.5, 0.6) is 5.75 Å². The quantitative estimate of drug-likeness (QED) is 0.819. The molecule has 1 saturated heterocycles. The molecule has 2 aliphatic heterocycles. The van der Waals surface area contributed by atoms with Crippen LogP contribution in [0.25, 0.3) is 5.57 Å². The van der Waals surface area contributed by atoms with Crippen LogP contribution in [0.15, 0.2) is 30.5 Å². The first-order valence-corrected chi connectivity index (χ1v) is 8.91. The molecule has 1 saturated carbocycles. The SMILES string of the molecule is CC1(C)CCC2C(O)CC3OC=C(c4ccc(O)cc4)C(=O)C3C2O1. The number of fused-ring (bicyclic) bond motifs is 3. The smallest absolute Gasteiger partial charge is 0.175 e. The number of hydrogen-bond acceptors (Lipinski definition) is 5. The van der Waals surface area contributed by atoms with Gasteiger partial charge in [-0.05, 0) is 44.4 Å². The van der Waals surface area contributed by atoms with Crippen LogP contribution >= 0.6 is 0 Å². The van der Waals surface area contributed by atoms with E-state index in [1.54, 1.807) is 24.3 Å². The predicted molar refractivity (Wildman–Crippen MR) is 91.8 cm³/mol. The Hall–Kier alpha value is -1.85. The lowest BCUT2D eigenvalue weighted by Gasteiger charge is -2.51. The molecular formula is C20H24O5. The number of Topliss-reactive ketones (excluding diaryl/α,β-unsaturated/α-hetero) is 1. The van der Waals surface area contributed by atoms with Gasteiger partial charge in [-0.1, -0.05) is 12.1 Å².